The maximum absolute atomic E-state index is 11.9. The quantitative estimate of drug-likeness (QED) is 0.207. The fraction of sp³-hybridized carbons (Fsp3) is 0.500. The van der Waals surface area contributed by atoms with Crippen molar-refractivity contribution >= 4 is 40.4 Å². The molecular formula is C10H16N5O13P3. The summed E-state index contributed by atoms with van der Waals surface area (Å²) in [6.07, 6.45) is -4.92. The molecule has 3 rings (SSSR count). The van der Waals surface area contributed by atoms with Crippen LogP contribution in [0.15, 0.2) is 12.7 Å². The number of nitrogens with one attached hydrogen (secondary N) is 1. The van der Waals surface area contributed by atoms with Crippen LogP contribution in [0.25, 0.3) is 11.2 Å². The molecule has 1 aliphatic rings. The molecule has 1 fully saturated rings. The van der Waals surface area contributed by atoms with Gasteiger partial charge in [0.05, 0.1) is 6.33 Å². The summed E-state index contributed by atoms with van der Waals surface area (Å²) in [5, 5.41) is 23.1. The summed E-state index contributed by atoms with van der Waals surface area (Å²) in [4.78, 5) is 47.8. The van der Waals surface area contributed by atoms with Gasteiger partial charge in [0.2, 0.25) is 0 Å². The number of fused-ring (bicyclic) bond motifs is 1. The molecule has 6 atom stereocenters. The molecule has 2 aromatic heterocycles. The first kappa shape index (κ1) is 24.3. The molecule has 1 aliphatic heterocycles. The van der Waals surface area contributed by atoms with Crippen molar-refractivity contribution in [3.63, 3.8) is 0 Å². The number of phosphoric ester groups is 1. The van der Waals surface area contributed by atoms with Gasteiger partial charge < -0.3 is 39.8 Å². The van der Waals surface area contributed by atoms with Gasteiger partial charge in [0, 0.05) is 7.05 Å². The fourth-order valence-electron chi connectivity index (χ4n) is 2.60. The van der Waals surface area contributed by atoms with Gasteiger partial charge in [-0.15, -0.1) is 0 Å². The maximum atomic E-state index is 11.9. The van der Waals surface area contributed by atoms with Crippen molar-refractivity contribution in [3.05, 3.63) is 12.7 Å². The zero-order valence-electron chi connectivity index (χ0n) is 15.1. The number of phosphoric acid groups is 3. The molecule has 21 heteroatoms. The van der Waals surface area contributed by atoms with E-state index in [9.17, 15) is 28.8 Å². The number of hydrogen-bond acceptors (Lipinski definition) is 13. The Labute approximate surface area is 171 Å². The molecule has 0 radical (unpaired) electrons. The third kappa shape index (κ3) is 5.53. The largest absolute Gasteiger partial charge is 0.490 e. The lowest BCUT2D eigenvalue weighted by molar-refractivity contribution is -0.133. The van der Waals surface area contributed by atoms with E-state index >= 15 is 0 Å². The van der Waals surface area contributed by atoms with Crippen LogP contribution in [-0.4, -0.2) is 74.9 Å². The predicted octanol–water partition coefficient (Wildman–Crippen LogP) is -1.21. The Balaban J connectivity index is 1.79. The number of hydrogen-bond donors (Lipinski definition) is 7. The molecule has 0 amide bonds. The molecule has 0 bridgehead atoms. The Hall–Kier alpha value is -1.36. The number of aliphatic hydroxyl groups is 2. The van der Waals surface area contributed by atoms with E-state index in [2.05, 4.69) is 33.4 Å². The Morgan fingerprint density at radius 1 is 1.03 bits per heavy atom. The molecule has 0 saturated carbocycles. The first-order chi connectivity index (χ1) is 14.2. The van der Waals surface area contributed by atoms with Crippen LogP contribution in [0, 0.1) is 0 Å². The Kier molecular flexibility index (Phi) is 6.68. The van der Waals surface area contributed by atoms with Crippen molar-refractivity contribution in [1.29, 1.82) is 0 Å². The fourth-order valence-corrected chi connectivity index (χ4v) is 5.69. The van der Waals surface area contributed by atoms with Gasteiger partial charge in [-0.05, 0) is 0 Å². The van der Waals surface area contributed by atoms with Crippen molar-refractivity contribution in [3.8, 4) is 0 Å². The summed E-state index contributed by atoms with van der Waals surface area (Å²) in [7, 11) is -15.4. The second-order valence-corrected chi connectivity index (χ2v) is 10.2. The third-order valence-corrected chi connectivity index (χ3v) is 7.52. The highest BCUT2D eigenvalue weighted by molar-refractivity contribution is 7.66. The van der Waals surface area contributed by atoms with Gasteiger partial charge in [-0.1, -0.05) is 0 Å². The monoisotopic (exact) mass is 507 g/mol. The Morgan fingerprint density at radius 3 is 2.32 bits per heavy atom. The summed E-state index contributed by atoms with van der Waals surface area (Å²) in [5.41, 5.74) is 0.418. The van der Waals surface area contributed by atoms with Crippen LogP contribution in [0.4, 0.5) is 5.82 Å². The SMILES string of the molecule is CNc1ncnc2c1ncn2C1OC(OP(=O)(O)OP(=O)(O)OP(=O)(O)O)C(O)C1O. The van der Waals surface area contributed by atoms with E-state index in [4.69, 9.17) is 19.4 Å². The van der Waals surface area contributed by atoms with E-state index in [1.807, 2.05) is 0 Å². The van der Waals surface area contributed by atoms with Crippen LogP contribution >= 0.6 is 23.5 Å². The molecule has 3 heterocycles. The highest BCUT2D eigenvalue weighted by atomic mass is 31.3. The molecule has 174 valence electrons. The van der Waals surface area contributed by atoms with Gasteiger partial charge in [0.25, 0.3) is 0 Å². The lowest BCUT2D eigenvalue weighted by Crippen LogP contribution is -2.32. The minimum Gasteiger partial charge on any atom is -0.385 e. The van der Waals surface area contributed by atoms with Crippen LogP contribution in [0.3, 0.4) is 0 Å². The smallest absolute Gasteiger partial charge is 0.385 e. The van der Waals surface area contributed by atoms with Gasteiger partial charge in [-0.2, -0.15) is 8.62 Å². The summed E-state index contributed by atoms with van der Waals surface area (Å²) >= 11 is 0. The van der Waals surface area contributed by atoms with Crippen LogP contribution in [0.2, 0.25) is 0 Å². The molecule has 6 unspecified atom stereocenters. The van der Waals surface area contributed by atoms with Gasteiger partial charge in [-0.25, -0.2) is 28.6 Å². The number of aromatic nitrogens is 4. The topological polar surface area (TPSA) is 265 Å². The molecule has 18 nitrogen and oxygen atoms in total. The van der Waals surface area contributed by atoms with Crippen LogP contribution in [-0.2, 0) is 31.6 Å². The van der Waals surface area contributed by atoms with E-state index in [-0.39, 0.29) is 11.2 Å². The number of aliphatic hydroxyl groups excluding tert-OH is 2. The molecule has 2 aromatic rings. The number of ether oxygens (including phenoxy) is 1. The van der Waals surface area contributed by atoms with Crippen LogP contribution in [0.5, 0.6) is 0 Å². The molecule has 7 N–H and O–H groups in total. The lowest BCUT2D eigenvalue weighted by atomic mass is 10.2. The minimum atomic E-state index is -5.77. The lowest BCUT2D eigenvalue weighted by Gasteiger charge is -2.20. The van der Waals surface area contributed by atoms with Gasteiger partial charge in [0.15, 0.2) is 24.0 Å². The Bertz CT molecular complexity index is 1100. The van der Waals surface area contributed by atoms with Gasteiger partial charge in [-0.3, -0.25) is 9.09 Å². The summed E-state index contributed by atoms with van der Waals surface area (Å²) in [5.74, 6) is 0.335. The van der Waals surface area contributed by atoms with E-state index in [1.54, 1.807) is 7.05 Å². The minimum absolute atomic E-state index is 0.148. The first-order valence-corrected chi connectivity index (χ1v) is 12.4. The maximum Gasteiger partial charge on any atom is 0.490 e. The van der Waals surface area contributed by atoms with E-state index < -0.39 is 48.2 Å². The van der Waals surface area contributed by atoms with E-state index in [0.717, 1.165) is 4.57 Å². The molecule has 0 aromatic carbocycles. The van der Waals surface area contributed by atoms with Crippen molar-refractivity contribution in [2.24, 2.45) is 0 Å². The highest BCUT2D eigenvalue weighted by Crippen LogP contribution is 2.66. The van der Waals surface area contributed by atoms with Crippen LogP contribution < -0.4 is 5.32 Å². The third-order valence-electron chi connectivity index (χ3n) is 3.72. The van der Waals surface area contributed by atoms with Crippen molar-refractivity contribution < 1.29 is 61.4 Å². The average molecular weight is 507 g/mol. The number of nitrogens with zero attached hydrogens (tertiary/aromatic N) is 4. The molecule has 0 spiro atoms. The zero-order chi connectivity index (χ0) is 23.2. The first-order valence-electron chi connectivity index (χ1n) is 7.92. The van der Waals surface area contributed by atoms with E-state index in [1.165, 1.54) is 12.7 Å². The van der Waals surface area contributed by atoms with Crippen molar-refractivity contribution in [2.75, 3.05) is 12.4 Å². The van der Waals surface area contributed by atoms with Gasteiger partial charge in [0.1, 0.15) is 24.1 Å². The number of rotatable bonds is 8. The van der Waals surface area contributed by atoms with E-state index in [0.29, 0.717) is 5.82 Å². The van der Waals surface area contributed by atoms with Crippen molar-refractivity contribution in [2.45, 2.75) is 24.7 Å². The summed E-state index contributed by atoms with van der Waals surface area (Å²) in [6, 6.07) is 0. The Morgan fingerprint density at radius 2 is 1.71 bits per heavy atom. The molecule has 31 heavy (non-hydrogen) atoms. The predicted molar refractivity (Wildman–Crippen MR) is 95.7 cm³/mol. The molecule has 1 saturated heterocycles. The zero-order valence-corrected chi connectivity index (χ0v) is 17.8. The summed E-state index contributed by atoms with van der Waals surface area (Å²) in [6.45, 7) is 0. The van der Waals surface area contributed by atoms with Crippen molar-refractivity contribution in [1.82, 2.24) is 19.5 Å². The standard InChI is InChI=1S/C10H16N5O13P3/c1-11-7-4-8(13-2-12-7)15(3-14-4)9-5(16)6(17)10(25-9)26-30(21,22)28-31(23,24)27-29(18,19)20/h2-3,5-6,9-10,16-17H,1H3,(H,21,22)(H,23,24)(H,11,12,13)(H2,18,19,20). The summed E-state index contributed by atoms with van der Waals surface area (Å²) < 4.78 is 51.9. The second kappa shape index (κ2) is 8.53. The number of imidazole rings is 1. The average Bonchev–Trinajstić information content (AvgIpc) is 3.14. The molecular weight excluding hydrogens is 491 g/mol. The normalized spacial score (nSPS) is 28.4. The second-order valence-electron chi connectivity index (χ2n) is 5.87. The van der Waals surface area contributed by atoms with Gasteiger partial charge >= 0.3 is 23.5 Å². The molecule has 0 aliphatic carbocycles. The number of anilines is 1. The highest BCUT2D eigenvalue weighted by Gasteiger charge is 2.50. The van der Waals surface area contributed by atoms with Crippen LogP contribution in [0.1, 0.15) is 6.23 Å².